The first kappa shape index (κ1) is 16.6. The molecule has 2 aromatic carbocycles. The summed E-state index contributed by atoms with van der Waals surface area (Å²) < 4.78 is 27.0. The molecule has 0 unspecified atom stereocenters. The highest BCUT2D eigenvalue weighted by molar-refractivity contribution is 9.09. The molecule has 0 aromatic heterocycles. The van der Waals surface area contributed by atoms with Crippen LogP contribution in [0.3, 0.4) is 0 Å². The molecule has 0 nitrogen and oxygen atoms in total. The van der Waals surface area contributed by atoms with E-state index in [1.165, 1.54) is 17.7 Å². The van der Waals surface area contributed by atoms with Gasteiger partial charge in [-0.3, -0.25) is 0 Å². The summed E-state index contributed by atoms with van der Waals surface area (Å²) in [6.07, 6.45) is 0.499. The van der Waals surface area contributed by atoms with Crippen LogP contribution in [0, 0.1) is 18.6 Å². The minimum absolute atomic E-state index is 0.271. The summed E-state index contributed by atoms with van der Waals surface area (Å²) in [5.41, 5.74) is 2.57. The van der Waals surface area contributed by atoms with E-state index in [2.05, 4.69) is 56.1 Å². The number of halogens is 4. The van der Waals surface area contributed by atoms with Gasteiger partial charge >= 0.3 is 0 Å². The lowest BCUT2D eigenvalue weighted by atomic mass is 9.78. The largest absolute Gasteiger partial charge is 0.207 e. The minimum Gasteiger partial charge on any atom is -0.207 e. The van der Waals surface area contributed by atoms with Crippen LogP contribution < -0.4 is 0 Å². The first-order chi connectivity index (χ1) is 10.0. The van der Waals surface area contributed by atoms with Gasteiger partial charge in [-0.2, -0.15) is 0 Å². The first-order valence-electron chi connectivity index (χ1n) is 6.64. The molecule has 0 fully saturated rings. The summed E-state index contributed by atoms with van der Waals surface area (Å²) in [5.74, 6) is -1.04. The van der Waals surface area contributed by atoms with Crippen LogP contribution in [0.15, 0.2) is 42.5 Å². The van der Waals surface area contributed by atoms with Crippen LogP contribution in [0.5, 0.6) is 0 Å². The van der Waals surface area contributed by atoms with E-state index in [-0.39, 0.29) is 5.41 Å². The van der Waals surface area contributed by atoms with Crippen molar-refractivity contribution in [2.24, 2.45) is 0 Å². The molecule has 0 N–H and O–H groups in total. The predicted octanol–water partition coefficient (Wildman–Crippen LogP) is 5.54. The van der Waals surface area contributed by atoms with Gasteiger partial charge in [0.15, 0.2) is 0 Å². The second-order valence-corrected chi connectivity index (χ2v) is 6.45. The molecule has 0 saturated carbocycles. The van der Waals surface area contributed by atoms with Crippen LogP contribution in [0.4, 0.5) is 8.78 Å². The van der Waals surface area contributed by atoms with E-state index in [9.17, 15) is 8.78 Å². The molecule has 0 spiro atoms. The molecular weight excluding hydrogens is 402 g/mol. The van der Waals surface area contributed by atoms with Gasteiger partial charge in [0, 0.05) is 22.1 Å². The third kappa shape index (κ3) is 3.72. The van der Waals surface area contributed by atoms with Crippen molar-refractivity contribution < 1.29 is 8.78 Å². The molecule has 21 heavy (non-hydrogen) atoms. The van der Waals surface area contributed by atoms with Crippen molar-refractivity contribution in [3.05, 3.63) is 70.8 Å². The van der Waals surface area contributed by atoms with E-state index in [1.54, 1.807) is 0 Å². The summed E-state index contributed by atoms with van der Waals surface area (Å²) in [5, 5.41) is 1.37. The summed E-state index contributed by atoms with van der Waals surface area (Å²) in [7, 11) is 0. The van der Waals surface area contributed by atoms with Gasteiger partial charge in [-0.25, -0.2) is 8.78 Å². The maximum absolute atomic E-state index is 14.0. The van der Waals surface area contributed by atoms with E-state index in [0.29, 0.717) is 22.6 Å². The molecule has 0 amide bonds. The fourth-order valence-corrected chi connectivity index (χ4v) is 4.30. The normalized spacial score (nSPS) is 11.7. The van der Waals surface area contributed by atoms with Crippen molar-refractivity contribution in [3.63, 3.8) is 0 Å². The Balaban J connectivity index is 2.40. The number of alkyl halides is 2. The van der Waals surface area contributed by atoms with Crippen molar-refractivity contribution >= 4 is 31.9 Å². The van der Waals surface area contributed by atoms with Gasteiger partial charge in [0.05, 0.1) is 0 Å². The highest BCUT2D eigenvalue weighted by atomic mass is 79.9. The second kappa shape index (κ2) is 7.01. The van der Waals surface area contributed by atoms with Crippen molar-refractivity contribution in [1.82, 2.24) is 0 Å². The number of hydrogen-bond donors (Lipinski definition) is 0. The second-order valence-electron chi connectivity index (χ2n) is 5.33. The fraction of sp³-hybridized carbons (Fsp3) is 0.294. The first-order valence-corrected chi connectivity index (χ1v) is 8.88. The molecule has 0 radical (unpaired) electrons. The van der Waals surface area contributed by atoms with Crippen molar-refractivity contribution in [2.45, 2.75) is 18.8 Å². The summed E-state index contributed by atoms with van der Waals surface area (Å²) in [4.78, 5) is 0. The molecule has 0 aliphatic rings. The zero-order valence-electron chi connectivity index (χ0n) is 11.7. The molecule has 2 aromatic rings. The molecule has 0 aliphatic carbocycles. The van der Waals surface area contributed by atoms with E-state index < -0.39 is 11.6 Å². The minimum atomic E-state index is -0.546. The van der Waals surface area contributed by atoms with Crippen molar-refractivity contribution in [3.8, 4) is 0 Å². The van der Waals surface area contributed by atoms with Crippen molar-refractivity contribution in [2.75, 3.05) is 10.7 Å². The summed E-state index contributed by atoms with van der Waals surface area (Å²) in [6, 6.07) is 12.0. The smallest absolute Gasteiger partial charge is 0.129 e. The van der Waals surface area contributed by atoms with Crippen LogP contribution in [0.2, 0.25) is 0 Å². The van der Waals surface area contributed by atoms with Crippen LogP contribution in [-0.2, 0) is 11.8 Å². The molecule has 112 valence electrons. The van der Waals surface area contributed by atoms with E-state index in [0.717, 1.165) is 11.6 Å². The SMILES string of the molecule is Cc1ccc(C(CBr)(CBr)Cc2ccc(F)cc2F)cc1. The lowest BCUT2D eigenvalue weighted by Crippen LogP contribution is -2.33. The average molecular weight is 418 g/mol. The van der Waals surface area contributed by atoms with Crippen LogP contribution in [-0.4, -0.2) is 10.7 Å². The Morgan fingerprint density at radius 2 is 1.57 bits per heavy atom. The van der Waals surface area contributed by atoms with Gasteiger partial charge in [0.25, 0.3) is 0 Å². The third-order valence-corrected chi connectivity index (χ3v) is 5.87. The Morgan fingerprint density at radius 3 is 2.10 bits per heavy atom. The number of benzene rings is 2. The predicted molar refractivity (Wildman–Crippen MR) is 90.5 cm³/mol. The lowest BCUT2D eigenvalue weighted by molar-refractivity contribution is 0.515. The molecule has 0 heterocycles. The monoisotopic (exact) mass is 416 g/mol. The van der Waals surface area contributed by atoms with Gasteiger partial charge in [-0.1, -0.05) is 67.8 Å². The van der Waals surface area contributed by atoms with Gasteiger partial charge < -0.3 is 0 Å². The number of rotatable bonds is 5. The Morgan fingerprint density at radius 1 is 0.952 bits per heavy atom. The summed E-state index contributed by atoms with van der Waals surface area (Å²) in [6.45, 7) is 2.04. The quantitative estimate of drug-likeness (QED) is 0.560. The molecular formula is C17H16Br2F2. The fourth-order valence-electron chi connectivity index (χ4n) is 2.32. The molecule has 4 heteroatoms. The maximum Gasteiger partial charge on any atom is 0.129 e. The molecule has 0 bridgehead atoms. The summed E-state index contributed by atoms with van der Waals surface area (Å²) >= 11 is 7.12. The zero-order chi connectivity index (χ0) is 15.5. The molecule has 0 atom stereocenters. The average Bonchev–Trinajstić information content (AvgIpc) is 2.48. The van der Waals surface area contributed by atoms with Crippen molar-refractivity contribution in [1.29, 1.82) is 0 Å². The van der Waals surface area contributed by atoms with E-state index >= 15 is 0 Å². The zero-order valence-corrected chi connectivity index (χ0v) is 14.8. The number of aryl methyl sites for hydroxylation is 1. The Hall–Kier alpha value is -0.740. The topological polar surface area (TPSA) is 0 Å². The van der Waals surface area contributed by atoms with Gasteiger partial charge in [-0.15, -0.1) is 0 Å². The third-order valence-electron chi connectivity index (χ3n) is 3.72. The molecule has 2 rings (SSSR count). The number of hydrogen-bond acceptors (Lipinski definition) is 0. The van der Waals surface area contributed by atoms with Crippen LogP contribution >= 0.6 is 31.9 Å². The van der Waals surface area contributed by atoms with E-state index in [4.69, 9.17) is 0 Å². The Bertz CT molecular complexity index is 605. The van der Waals surface area contributed by atoms with Crippen LogP contribution in [0.25, 0.3) is 0 Å². The van der Waals surface area contributed by atoms with Gasteiger partial charge in [-0.05, 0) is 30.5 Å². The highest BCUT2D eigenvalue weighted by Crippen LogP contribution is 2.33. The standard InChI is InChI=1S/C17H16Br2F2/c1-12-2-5-14(6-3-12)17(10-18,11-19)9-13-4-7-15(20)8-16(13)21/h2-8H,9-11H2,1H3. The lowest BCUT2D eigenvalue weighted by Gasteiger charge is -2.31. The van der Waals surface area contributed by atoms with Gasteiger partial charge in [0.2, 0.25) is 0 Å². The highest BCUT2D eigenvalue weighted by Gasteiger charge is 2.31. The Labute approximate surface area is 140 Å². The van der Waals surface area contributed by atoms with Crippen LogP contribution in [0.1, 0.15) is 16.7 Å². The Kier molecular flexibility index (Phi) is 5.55. The van der Waals surface area contributed by atoms with E-state index in [1.807, 2.05) is 6.92 Å². The molecule has 0 aliphatic heterocycles. The van der Waals surface area contributed by atoms with Gasteiger partial charge in [0.1, 0.15) is 11.6 Å². The maximum atomic E-state index is 14.0. The molecule has 0 saturated heterocycles.